The highest BCUT2D eigenvalue weighted by Gasteiger charge is 2.22. The van der Waals surface area contributed by atoms with Crippen LogP contribution in [-0.2, 0) is 10.0 Å². The van der Waals surface area contributed by atoms with Gasteiger partial charge in [0.1, 0.15) is 5.75 Å². The minimum Gasteiger partial charge on any atom is -0.496 e. The Balaban J connectivity index is 1.95. The van der Waals surface area contributed by atoms with Gasteiger partial charge in [0.25, 0.3) is 0 Å². The molecule has 0 aliphatic carbocycles. The molecule has 0 aliphatic heterocycles. The minimum absolute atomic E-state index is 0.0135. The molecule has 3 rings (SSSR count). The number of sulfonamides is 1. The zero-order valence-electron chi connectivity index (χ0n) is 17.2. The summed E-state index contributed by atoms with van der Waals surface area (Å²) in [7, 11) is -2.14. The van der Waals surface area contributed by atoms with Gasteiger partial charge in [-0.1, -0.05) is 30.4 Å². The average molecular weight is 435 g/mol. The predicted molar refractivity (Wildman–Crippen MR) is 118 cm³/mol. The van der Waals surface area contributed by atoms with Crippen LogP contribution in [0.2, 0.25) is 0 Å². The van der Waals surface area contributed by atoms with Crippen LogP contribution in [0.5, 0.6) is 5.75 Å². The van der Waals surface area contributed by atoms with Crippen LogP contribution >= 0.6 is 11.3 Å². The van der Waals surface area contributed by atoms with Crippen molar-refractivity contribution in [3.8, 4) is 5.75 Å². The Labute approximate surface area is 175 Å². The molecule has 0 spiro atoms. The lowest BCUT2D eigenvalue weighted by molar-refractivity contribution is 0.411. The van der Waals surface area contributed by atoms with E-state index in [0.29, 0.717) is 11.1 Å². The molecule has 29 heavy (non-hydrogen) atoms. The maximum Gasteiger partial charge on any atom is 0.308 e. The van der Waals surface area contributed by atoms with Gasteiger partial charge in [-0.3, -0.25) is 9.36 Å². The van der Waals surface area contributed by atoms with E-state index in [1.165, 1.54) is 0 Å². The number of nitrogens with one attached hydrogen (secondary N) is 1. The first-order valence-corrected chi connectivity index (χ1v) is 11.8. The summed E-state index contributed by atoms with van der Waals surface area (Å²) >= 11 is 1.07. The second-order valence-electron chi connectivity index (χ2n) is 7.27. The predicted octanol–water partition coefficient (Wildman–Crippen LogP) is 4.39. The normalized spacial score (nSPS) is 13.2. The molecule has 0 saturated heterocycles. The molecule has 0 unspecified atom stereocenters. The van der Waals surface area contributed by atoms with E-state index in [0.717, 1.165) is 33.7 Å². The number of benzene rings is 2. The number of ether oxygens (including phenoxy) is 1. The largest absolute Gasteiger partial charge is 0.496 e. The molecule has 0 fully saturated rings. The first-order chi connectivity index (χ1) is 13.7. The van der Waals surface area contributed by atoms with E-state index in [1.54, 1.807) is 29.9 Å². The quantitative estimate of drug-likeness (QED) is 0.598. The second-order valence-corrected chi connectivity index (χ2v) is 9.98. The summed E-state index contributed by atoms with van der Waals surface area (Å²) in [5.74, 6) is 0.765. The highest BCUT2D eigenvalue weighted by Crippen LogP contribution is 2.28. The van der Waals surface area contributed by atoms with E-state index in [4.69, 9.17) is 4.74 Å². The Bertz CT molecular complexity index is 1190. The number of methoxy groups -OCH3 is 1. The van der Waals surface area contributed by atoms with Crippen LogP contribution in [0.25, 0.3) is 10.2 Å². The fourth-order valence-corrected chi connectivity index (χ4v) is 5.89. The van der Waals surface area contributed by atoms with Gasteiger partial charge in [-0.05, 0) is 62.6 Å². The van der Waals surface area contributed by atoms with Gasteiger partial charge in [-0.25, -0.2) is 13.1 Å². The Morgan fingerprint density at radius 2 is 1.90 bits per heavy atom. The van der Waals surface area contributed by atoms with Gasteiger partial charge in [0.05, 0.1) is 22.2 Å². The summed E-state index contributed by atoms with van der Waals surface area (Å²) in [5, 5.41) is 0. The maximum absolute atomic E-state index is 13.0. The van der Waals surface area contributed by atoms with E-state index in [9.17, 15) is 13.2 Å². The number of fused-ring (bicyclic) bond motifs is 1. The lowest BCUT2D eigenvalue weighted by Gasteiger charge is -2.19. The van der Waals surface area contributed by atoms with Gasteiger partial charge in [-0.2, -0.15) is 0 Å². The smallest absolute Gasteiger partial charge is 0.308 e. The van der Waals surface area contributed by atoms with Crippen LogP contribution < -0.4 is 14.3 Å². The van der Waals surface area contributed by atoms with Crippen molar-refractivity contribution >= 4 is 31.6 Å². The van der Waals surface area contributed by atoms with E-state index < -0.39 is 10.0 Å². The van der Waals surface area contributed by atoms with Crippen LogP contribution in [-0.4, -0.2) is 20.1 Å². The third-order valence-corrected chi connectivity index (χ3v) is 7.33. The Kier molecular flexibility index (Phi) is 6.16. The summed E-state index contributed by atoms with van der Waals surface area (Å²) in [5.41, 5.74) is 2.58. The molecule has 3 aromatic rings. The van der Waals surface area contributed by atoms with Crippen molar-refractivity contribution in [3.05, 3.63) is 57.2 Å². The van der Waals surface area contributed by atoms with Crippen LogP contribution in [0.1, 0.15) is 50.4 Å². The molecule has 0 amide bonds. The van der Waals surface area contributed by atoms with E-state index >= 15 is 0 Å². The van der Waals surface area contributed by atoms with Crippen LogP contribution in [0.4, 0.5) is 0 Å². The number of aryl methyl sites for hydroxylation is 1. The summed E-state index contributed by atoms with van der Waals surface area (Å²) < 4.78 is 36.5. The van der Waals surface area contributed by atoms with Crippen LogP contribution in [0, 0.1) is 6.92 Å². The molecule has 1 atom stereocenters. The number of aromatic nitrogens is 1. The Morgan fingerprint density at radius 1 is 1.17 bits per heavy atom. The lowest BCUT2D eigenvalue weighted by atomic mass is 10.0. The number of rotatable bonds is 7. The molecule has 1 aromatic heterocycles. The number of hydrogen-bond acceptors (Lipinski definition) is 5. The molecule has 156 valence electrons. The lowest BCUT2D eigenvalue weighted by Crippen LogP contribution is -2.28. The zero-order valence-corrected chi connectivity index (χ0v) is 18.9. The fourth-order valence-electron chi connectivity index (χ4n) is 3.43. The molecular weight excluding hydrogens is 408 g/mol. The molecule has 2 aromatic carbocycles. The van der Waals surface area contributed by atoms with Crippen LogP contribution in [0.3, 0.4) is 0 Å². The number of thiazole rings is 1. The maximum atomic E-state index is 13.0. The van der Waals surface area contributed by atoms with Gasteiger partial charge in [0.15, 0.2) is 0 Å². The molecule has 0 bridgehead atoms. The van der Waals surface area contributed by atoms with Gasteiger partial charge < -0.3 is 4.74 Å². The molecule has 1 heterocycles. The van der Waals surface area contributed by atoms with E-state index in [-0.39, 0.29) is 21.9 Å². The first kappa shape index (κ1) is 21.5. The third-order valence-electron chi connectivity index (χ3n) is 4.94. The topological polar surface area (TPSA) is 77.4 Å². The molecule has 1 N–H and O–H groups in total. The first-order valence-electron chi connectivity index (χ1n) is 9.50. The van der Waals surface area contributed by atoms with Gasteiger partial charge in [-0.15, -0.1) is 0 Å². The second kappa shape index (κ2) is 8.30. The molecule has 0 aliphatic rings. The van der Waals surface area contributed by atoms with Crippen molar-refractivity contribution in [2.24, 2.45) is 0 Å². The van der Waals surface area contributed by atoms with E-state index in [1.807, 2.05) is 45.9 Å². The van der Waals surface area contributed by atoms with Crippen molar-refractivity contribution in [1.29, 1.82) is 0 Å². The molecule has 0 radical (unpaired) electrons. The summed E-state index contributed by atoms with van der Waals surface area (Å²) in [4.78, 5) is 12.3. The Hall–Kier alpha value is -2.16. The van der Waals surface area contributed by atoms with E-state index in [2.05, 4.69) is 4.72 Å². The summed E-state index contributed by atoms with van der Waals surface area (Å²) in [6, 6.07) is 10.2. The van der Waals surface area contributed by atoms with Crippen molar-refractivity contribution in [1.82, 2.24) is 9.29 Å². The van der Waals surface area contributed by atoms with Crippen LogP contribution in [0.15, 0.2) is 46.1 Å². The summed E-state index contributed by atoms with van der Waals surface area (Å²) in [6.45, 7) is 7.73. The zero-order chi connectivity index (χ0) is 21.3. The highest BCUT2D eigenvalue weighted by molar-refractivity contribution is 7.89. The molecule has 8 heteroatoms. The highest BCUT2D eigenvalue weighted by atomic mass is 32.2. The monoisotopic (exact) mass is 434 g/mol. The summed E-state index contributed by atoms with van der Waals surface area (Å²) in [6.07, 6.45) is 0.601. The average Bonchev–Trinajstić information content (AvgIpc) is 3.01. The molecule has 0 saturated carbocycles. The third kappa shape index (κ3) is 4.24. The van der Waals surface area contributed by atoms with Crippen molar-refractivity contribution in [3.63, 3.8) is 0 Å². The van der Waals surface area contributed by atoms with Gasteiger partial charge in [0, 0.05) is 12.1 Å². The number of hydrogen-bond donors (Lipinski definition) is 1. The fraction of sp³-hybridized carbons (Fsp3) is 0.381. The number of nitrogens with zero attached hydrogens (tertiary/aromatic N) is 1. The van der Waals surface area contributed by atoms with Gasteiger partial charge >= 0.3 is 4.87 Å². The van der Waals surface area contributed by atoms with Crippen molar-refractivity contribution < 1.29 is 13.2 Å². The molecular formula is C21H26N2O4S2. The van der Waals surface area contributed by atoms with Crippen molar-refractivity contribution in [2.75, 3.05) is 7.11 Å². The van der Waals surface area contributed by atoms with Crippen molar-refractivity contribution in [2.45, 2.75) is 51.1 Å². The standard InChI is InChI=1S/C21H26N2O4S2/c1-6-17(15-7-10-19(27-5)14(4)11-15)22-29(25,26)16-8-9-18-20(12-16)28-21(24)23(18)13(2)3/h7-13,17,22H,6H2,1-5H3/t17-/m1/s1. The van der Waals surface area contributed by atoms with Gasteiger partial charge in [0.2, 0.25) is 10.0 Å². The minimum atomic E-state index is -3.75. The Morgan fingerprint density at radius 3 is 2.48 bits per heavy atom. The SMILES string of the molecule is CC[C@@H](NS(=O)(=O)c1ccc2c(c1)sc(=O)n2C(C)C)c1ccc(OC)c(C)c1. The molecule has 6 nitrogen and oxygen atoms in total.